The number of aromatic nitrogens is 3. The van der Waals surface area contributed by atoms with E-state index in [1.165, 1.54) is 25.7 Å². The first-order valence-corrected chi connectivity index (χ1v) is 8.44. The van der Waals surface area contributed by atoms with Crippen molar-refractivity contribution in [2.45, 2.75) is 44.3 Å². The maximum absolute atomic E-state index is 12.6. The van der Waals surface area contributed by atoms with E-state index in [0.29, 0.717) is 23.7 Å². The Morgan fingerprint density at radius 1 is 1.27 bits per heavy atom. The number of hydrogen-bond acceptors (Lipinski definition) is 5. The molecule has 3 aliphatic heterocycles. The zero-order valence-corrected chi connectivity index (χ0v) is 12.9. The van der Waals surface area contributed by atoms with Gasteiger partial charge in [0.15, 0.2) is 5.69 Å². The fraction of sp³-hybridized carbons (Fsp3) is 0.800. The highest BCUT2D eigenvalue weighted by molar-refractivity contribution is 5.92. The lowest BCUT2D eigenvalue weighted by molar-refractivity contribution is 0.0691. The standard InChI is InChI=1S/C15H24N6O/c22-15(20-8-12-3-4-13(9-20)17-12)14-10-21(19-18-14)7-11-2-1-5-16-6-11/h10-13,16-17H,1-9H2/t11-,12-,13+/m1/s1. The average molecular weight is 304 g/mol. The van der Waals surface area contributed by atoms with Crippen LogP contribution in [-0.4, -0.2) is 64.1 Å². The number of nitrogens with one attached hydrogen (secondary N) is 2. The van der Waals surface area contributed by atoms with Gasteiger partial charge in [0.05, 0.1) is 6.20 Å². The summed E-state index contributed by atoms with van der Waals surface area (Å²) >= 11 is 0. The monoisotopic (exact) mass is 304 g/mol. The van der Waals surface area contributed by atoms with E-state index in [9.17, 15) is 4.79 Å². The Balaban J connectivity index is 1.39. The molecule has 2 N–H and O–H groups in total. The Morgan fingerprint density at radius 3 is 2.82 bits per heavy atom. The van der Waals surface area contributed by atoms with Gasteiger partial charge in [-0.15, -0.1) is 5.10 Å². The molecule has 1 amide bonds. The molecular weight excluding hydrogens is 280 g/mol. The minimum atomic E-state index is 0.0337. The van der Waals surface area contributed by atoms with Crippen molar-refractivity contribution in [1.82, 2.24) is 30.5 Å². The molecule has 0 saturated carbocycles. The van der Waals surface area contributed by atoms with Gasteiger partial charge in [0.2, 0.25) is 0 Å². The van der Waals surface area contributed by atoms with E-state index in [-0.39, 0.29) is 5.91 Å². The lowest BCUT2D eigenvalue weighted by atomic mass is 10.00. The van der Waals surface area contributed by atoms with Gasteiger partial charge < -0.3 is 15.5 Å². The van der Waals surface area contributed by atoms with Crippen LogP contribution in [-0.2, 0) is 6.54 Å². The molecule has 0 radical (unpaired) electrons. The molecule has 0 aromatic carbocycles. The third-order valence-corrected chi connectivity index (χ3v) is 5.11. The molecule has 0 aliphatic carbocycles. The summed E-state index contributed by atoms with van der Waals surface area (Å²) in [6.45, 7) is 4.59. The minimum Gasteiger partial charge on any atom is -0.334 e. The highest BCUT2D eigenvalue weighted by atomic mass is 16.2. The van der Waals surface area contributed by atoms with Crippen LogP contribution in [0.5, 0.6) is 0 Å². The fourth-order valence-corrected chi connectivity index (χ4v) is 3.95. The first-order valence-electron chi connectivity index (χ1n) is 8.44. The molecule has 3 aliphatic rings. The van der Waals surface area contributed by atoms with E-state index in [4.69, 9.17) is 0 Å². The number of rotatable bonds is 3. The van der Waals surface area contributed by atoms with Crippen molar-refractivity contribution in [1.29, 1.82) is 0 Å². The number of fused-ring (bicyclic) bond motifs is 2. The maximum atomic E-state index is 12.6. The molecule has 0 spiro atoms. The normalized spacial score (nSPS) is 31.5. The van der Waals surface area contributed by atoms with Crippen LogP contribution >= 0.6 is 0 Å². The molecule has 1 aromatic heterocycles. The van der Waals surface area contributed by atoms with Crippen LogP contribution in [0.4, 0.5) is 0 Å². The number of piperazine rings is 1. The van der Waals surface area contributed by atoms with Crippen molar-refractivity contribution >= 4 is 5.91 Å². The van der Waals surface area contributed by atoms with Gasteiger partial charge in [-0.05, 0) is 44.7 Å². The predicted octanol–water partition coefficient (Wildman–Crippen LogP) is -0.146. The molecule has 0 unspecified atom stereocenters. The molecule has 3 saturated heterocycles. The number of amides is 1. The van der Waals surface area contributed by atoms with Crippen molar-refractivity contribution in [2.24, 2.45) is 5.92 Å². The van der Waals surface area contributed by atoms with Gasteiger partial charge in [0.25, 0.3) is 5.91 Å². The van der Waals surface area contributed by atoms with E-state index in [2.05, 4.69) is 20.9 Å². The smallest absolute Gasteiger partial charge is 0.276 e. The van der Waals surface area contributed by atoms with Crippen LogP contribution in [0, 0.1) is 5.92 Å². The van der Waals surface area contributed by atoms with Crippen LogP contribution < -0.4 is 10.6 Å². The Bertz CT molecular complexity index is 526. The Hall–Kier alpha value is -1.47. The van der Waals surface area contributed by atoms with Gasteiger partial charge in [0, 0.05) is 31.7 Å². The Labute approximate surface area is 130 Å². The lowest BCUT2D eigenvalue weighted by Crippen LogP contribution is -2.53. The van der Waals surface area contributed by atoms with Crippen LogP contribution in [0.1, 0.15) is 36.2 Å². The van der Waals surface area contributed by atoms with Crippen molar-refractivity contribution < 1.29 is 4.79 Å². The van der Waals surface area contributed by atoms with Crippen LogP contribution in [0.25, 0.3) is 0 Å². The zero-order valence-electron chi connectivity index (χ0n) is 12.9. The largest absolute Gasteiger partial charge is 0.334 e. The first kappa shape index (κ1) is 14.1. The lowest BCUT2D eigenvalue weighted by Gasteiger charge is -2.32. The second-order valence-corrected chi connectivity index (χ2v) is 6.89. The highest BCUT2D eigenvalue weighted by Gasteiger charge is 2.35. The molecule has 22 heavy (non-hydrogen) atoms. The van der Waals surface area contributed by atoms with Gasteiger partial charge in [-0.3, -0.25) is 9.48 Å². The number of likely N-dealkylation sites (tertiary alicyclic amines) is 1. The van der Waals surface area contributed by atoms with Gasteiger partial charge in [-0.1, -0.05) is 5.21 Å². The summed E-state index contributed by atoms with van der Waals surface area (Å²) in [5, 5.41) is 15.2. The Morgan fingerprint density at radius 2 is 2.09 bits per heavy atom. The van der Waals surface area contributed by atoms with Crippen molar-refractivity contribution in [3.63, 3.8) is 0 Å². The number of carbonyl (C=O) groups is 1. The molecule has 1 aromatic rings. The van der Waals surface area contributed by atoms with Crippen molar-refractivity contribution in [2.75, 3.05) is 26.2 Å². The van der Waals surface area contributed by atoms with E-state index in [0.717, 1.165) is 32.7 Å². The van der Waals surface area contributed by atoms with Crippen LogP contribution in [0.15, 0.2) is 6.20 Å². The second-order valence-electron chi connectivity index (χ2n) is 6.89. The van der Waals surface area contributed by atoms with Crippen molar-refractivity contribution in [3.8, 4) is 0 Å². The number of nitrogens with zero attached hydrogens (tertiary/aromatic N) is 4. The SMILES string of the molecule is O=C(c1cn(C[C@@H]2CCCNC2)nn1)N1C[C@H]2CC[C@@H](C1)N2. The number of hydrogen-bond donors (Lipinski definition) is 2. The molecular formula is C15H24N6O. The molecule has 4 heterocycles. The van der Waals surface area contributed by atoms with Crippen LogP contribution in [0.2, 0.25) is 0 Å². The molecule has 7 heteroatoms. The highest BCUT2D eigenvalue weighted by Crippen LogP contribution is 2.21. The summed E-state index contributed by atoms with van der Waals surface area (Å²) in [6.07, 6.45) is 6.61. The third kappa shape index (κ3) is 2.87. The maximum Gasteiger partial charge on any atom is 0.276 e. The minimum absolute atomic E-state index is 0.0337. The van der Waals surface area contributed by atoms with Crippen LogP contribution in [0.3, 0.4) is 0 Å². The Kier molecular flexibility index (Phi) is 3.83. The molecule has 7 nitrogen and oxygen atoms in total. The fourth-order valence-electron chi connectivity index (χ4n) is 3.95. The van der Waals surface area contributed by atoms with Crippen molar-refractivity contribution in [3.05, 3.63) is 11.9 Å². The topological polar surface area (TPSA) is 75.1 Å². The summed E-state index contributed by atoms with van der Waals surface area (Å²) in [6, 6.07) is 0.928. The van der Waals surface area contributed by atoms with Gasteiger partial charge in [-0.2, -0.15) is 0 Å². The van der Waals surface area contributed by atoms with E-state index < -0.39 is 0 Å². The molecule has 2 bridgehead atoms. The quantitative estimate of drug-likeness (QED) is 0.812. The zero-order chi connectivity index (χ0) is 14.9. The van der Waals surface area contributed by atoms with E-state index in [1.54, 1.807) is 0 Å². The summed E-state index contributed by atoms with van der Waals surface area (Å²) in [5.74, 6) is 0.625. The predicted molar refractivity (Wildman–Crippen MR) is 81.5 cm³/mol. The molecule has 120 valence electrons. The average Bonchev–Trinajstić information content (AvgIpc) is 3.14. The number of carbonyl (C=O) groups excluding carboxylic acids is 1. The van der Waals surface area contributed by atoms with Gasteiger partial charge in [-0.25, -0.2) is 0 Å². The van der Waals surface area contributed by atoms with Gasteiger partial charge in [0.1, 0.15) is 0 Å². The number of piperidine rings is 1. The summed E-state index contributed by atoms with van der Waals surface area (Å²) in [7, 11) is 0. The summed E-state index contributed by atoms with van der Waals surface area (Å²) < 4.78 is 1.84. The molecule has 4 rings (SSSR count). The summed E-state index contributed by atoms with van der Waals surface area (Å²) in [4.78, 5) is 14.5. The van der Waals surface area contributed by atoms with Gasteiger partial charge >= 0.3 is 0 Å². The molecule has 3 fully saturated rings. The summed E-state index contributed by atoms with van der Waals surface area (Å²) in [5.41, 5.74) is 0.491. The van der Waals surface area contributed by atoms with E-state index >= 15 is 0 Å². The second kappa shape index (κ2) is 5.96. The third-order valence-electron chi connectivity index (χ3n) is 5.11. The first-order chi connectivity index (χ1) is 10.8. The molecule has 3 atom stereocenters. The van der Waals surface area contributed by atoms with E-state index in [1.807, 2.05) is 15.8 Å².